The van der Waals surface area contributed by atoms with E-state index >= 15 is 0 Å². The Morgan fingerprint density at radius 3 is 2.72 bits per heavy atom. The largest absolute Gasteiger partial charge is 0.481 e. The molecule has 1 aliphatic carbocycles. The number of amides is 1. The van der Waals surface area contributed by atoms with Crippen molar-refractivity contribution >= 4 is 11.9 Å². The first-order valence-corrected chi connectivity index (χ1v) is 6.04. The fourth-order valence-electron chi connectivity index (χ4n) is 1.86. The van der Waals surface area contributed by atoms with Crippen LogP contribution in [0.4, 0.5) is 0 Å². The van der Waals surface area contributed by atoms with E-state index in [9.17, 15) is 9.59 Å². The van der Waals surface area contributed by atoms with E-state index in [0.717, 1.165) is 18.5 Å². The second-order valence-corrected chi connectivity index (χ2v) is 4.54. The Morgan fingerprint density at radius 2 is 2.17 bits per heavy atom. The smallest absolute Gasteiger partial charge is 0.305 e. The van der Waals surface area contributed by atoms with Crippen molar-refractivity contribution in [1.82, 2.24) is 9.88 Å². The lowest BCUT2D eigenvalue weighted by Crippen LogP contribution is -2.35. The summed E-state index contributed by atoms with van der Waals surface area (Å²) in [5, 5.41) is 8.71. The van der Waals surface area contributed by atoms with Crippen LogP contribution < -0.4 is 0 Å². The first-order valence-electron chi connectivity index (χ1n) is 6.04. The molecule has 0 aliphatic heterocycles. The molecule has 1 aromatic heterocycles. The zero-order valence-electron chi connectivity index (χ0n) is 10.3. The van der Waals surface area contributed by atoms with E-state index in [1.54, 1.807) is 17.0 Å². The topological polar surface area (TPSA) is 70.5 Å². The van der Waals surface area contributed by atoms with Crippen molar-refractivity contribution in [2.45, 2.75) is 32.2 Å². The summed E-state index contributed by atoms with van der Waals surface area (Å²) in [6.45, 7) is 2.09. The Balaban J connectivity index is 2.10. The van der Waals surface area contributed by atoms with E-state index in [1.165, 1.54) is 0 Å². The predicted octanol–water partition coefficient (Wildman–Crippen LogP) is 1.47. The van der Waals surface area contributed by atoms with Gasteiger partial charge in [-0.25, -0.2) is 4.98 Å². The molecule has 1 saturated carbocycles. The third kappa shape index (κ3) is 3.06. The van der Waals surface area contributed by atoms with Gasteiger partial charge in [0.25, 0.3) is 5.91 Å². The number of carbonyl (C=O) groups is 2. The van der Waals surface area contributed by atoms with Gasteiger partial charge in [0.15, 0.2) is 0 Å². The van der Waals surface area contributed by atoms with Crippen molar-refractivity contribution in [2.75, 3.05) is 6.54 Å². The van der Waals surface area contributed by atoms with Gasteiger partial charge in [0.1, 0.15) is 5.69 Å². The van der Waals surface area contributed by atoms with Gasteiger partial charge in [-0.05, 0) is 31.9 Å². The maximum atomic E-state index is 12.3. The molecule has 0 saturated heterocycles. The van der Waals surface area contributed by atoms with Crippen LogP contribution >= 0.6 is 0 Å². The lowest BCUT2D eigenvalue weighted by Gasteiger charge is -2.21. The molecule has 1 heterocycles. The van der Waals surface area contributed by atoms with E-state index in [2.05, 4.69) is 4.98 Å². The zero-order chi connectivity index (χ0) is 13.1. The third-order valence-electron chi connectivity index (χ3n) is 2.92. The lowest BCUT2D eigenvalue weighted by molar-refractivity contribution is -0.137. The molecule has 1 aliphatic rings. The number of aryl methyl sites for hydroxylation is 1. The monoisotopic (exact) mass is 248 g/mol. The Hall–Kier alpha value is -1.91. The minimum atomic E-state index is -0.884. The van der Waals surface area contributed by atoms with Gasteiger partial charge in [-0.15, -0.1) is 0 Å². The second kappa shape index (κ2) is 5.16. The van der Waals surface area contributed by atoms with E-state index in [4.69, 9.17) is 5.11 Å². The highest BCUT2D eigenvalue weighted by Gasteiger charge is 2.33. The molecule has 0 bridgehead atoms. The minimum absolute atomic E-state index is 0.0198. The fourth-order valence-corrected chi connectivity index (χ4v) is 1.86. The summed E-state index contributed by atoms with van der Waals surface area (Å²) < 4.78 is 0. The highest BCUT2D eigenvalue weighted by molar-refractivity contribution is 5.93. The normalized spacial score (nSPS) is 14.3. The Kier molecular flexibility index (Phi) is 3.60. The second-order valence-electron chi connectivity index (χ2n) is 4.54. The van der Waals surface area contributed by atoms with Gasteiger partial charge < -0.3 is 10.0 Å². The first kappa shape index (κ1) is 12.5. The summed E-state index contributed by atoms with van der Waals surface area (Å²) in [4.78, 5) is 28.7. The number of pyridine rings is 1. The average Bonchev–Trinajstić information content (AvgIpc) is 3.13. The molecule has 1 aromatic rings. The van der Waals surface area contributed by atoms with Crippen molar-refractivity contribution in [1.29, 1.82) is 0 Å². The molecular weight excluding hydrogens is 232 g/mol. The number of carbonyl (C=O) groups excluding carboxylic acids is 1. The molecule has 1 amide bonds. The summed E-state index contributed by atoms with van der Waals surface area (Å²) in [6.07, 6.45) is 1.89. The van der Waals surface area contributed by atoms with Crippen LogP contribution in [0.3, 0.4) is 0 Å². The van der Waals surface area contributed by atoms with Crippen molar-refractivity contribution in [3.63, 3.8) is 0 Å². The van der Waals surface area contributed by atoms with Crippen LogP contribution in [-0.2, 0) is 4.79 Å². The Bertz CT molecular complexity index is 469. The van der Waals surface area contributed by atoms with Gasteiger partial charge in [-0.3, -0.25) is 9.59 Å². The lowest BCUT2D eigenvalue weighted by atomic mass is 10.2. The summed E-state index contributed by atoms with van der Waals surface area (Å²) >= 11 is 0. The predicted molar refractivity (Wildman–Crippen MR) is 65.3 cm³/mol. The summed E-state index contributed by atoms with van der Waals surface area (Å²) in [7, 11) is 0. The highest BCUT2D eigenvalue weighted by Crippen LogP contribution is 2.28. The number of hydrogen-bond donors (Lipinski definition) is 1. The molecule has 2 rings (SSSR count). The van der Waals surface area contributed by atoms with E-state index in [1.807, 2.05) is 13.0 Å². The molecule has 5 nitrogen and oxygen atoms in total. The molecule has 0 radical (unpaired) electrons. The van der Waals surface area contributed by atoms with Crippen LogP contribution in [0.5, 0.6) is 0 Å². The molecule has 5 heteroatoms. The summed E-state index contributed by atoms with van der Waals surface area (Å²) in [5.41, 5.74) is 1.18. The fraction of sp³-hybridized carbons (Fsp3) is 0.462. The molecule has 96 valence electrons. The van der Waals surface area contributed by atoms with Gasteiger partial charge in [0.2, 0.25) is 0 Å². The van der Waals surface area contributed by atoms with Crippen LogP contribution in [0, 0.1) is 6.92 Å². The molecule has 18 heavy (non-hydrogen) atoms. The maximum absolute atomic E-state index is 12.3. The number of aromatic nitrogens is 1. The van der Waals surface area contributed by atoms with Gasteiger partial charge >= 0.3 is 5.97 Å². The van der Waals surface area contributed by atoms with Crippen molar-refractivity contribution < 1.29 is 14.7 Å². The number of rotatable bonds is 5. The molecule has 0 unspecified atom stereocenters. The number of nitrogens with zero attached hydrogens (tertiary/aromatic N) is 2. The van der Waals surface area contributed by atoms with Crippen LogP contribution in [0.2, 0.25) is 0 Å². The number of hydrogen-bond acceptors (Lipinski definition) is 3. The summed E-state index contributed by atoms with van der Waals surface area (Å²) in [6, 6.07) is 5.48. The Labute approximate surface area is 105 Å². The SMILES string of the molecule is Cc1cccc(C(=O)N(CCC(=O)O)C2CC2)n1. The Morgan fingerprint density at radius 1 is 1.44 bits per heavy atom. The van der Waals surface area contributed by atoms with Gasteiger partial charge in [0.05, 0.1) is 6.42 Å². The van der Waals surface area contributed by atoms with E-state index in [0.29, 0.717) is 5.69 Å². The number of carboxylic acids is 1. The zero-order valence-corrected chi connectivity index (χ0v) is 10.3. The summed E-state index contributed by atoms with van der Waals surface area (Å²) in [5.74, 6) is -1.05. The number of carboxylic acid groups (broad SMARTS) is 1. The molecule has 0 atom stereocenters. The molecular formula is C13H16N2O3. The van der Waals surface area contributed by atoms with Gasteiger partial charge in [-0.1, -0.05) is 6.07 Å². The average molecular weight is 248 g/mol. The molecule has 0 spiro atoms. The van der Waals surface area contributed by atoms with Gasteiger partial charge in [0, 0.05) is 18.3 Å². The van der Waals surface area contributed by atoms with Crippen LogP contribution in [0.25, 0.3) is 0 Å². The van der Waals surface area contributed by atoms with Crippen molar-refractivity contribution in [2.24, 2.45) is 0 Å². The van der Waals surface area contributed by atoms with Gasteiger partial charge in [-0.2, -0.15) is 0 Å². The van der Waals surface area contributed by atoms with E-state index in [-0.39, 0.29) is 24.9 Å². The van der Waals surface area contributed by atoms with Crippen LogP contribution in [0.1, 0.15) is 35.4 Å². The third-order valence-corrected chi connectivity index (χ3v) is 2.92. The molecule has 0 aromatic carbocycles. The standard InChI is InChI=1S/C13H16N2O3/c1-9-3-2-4-11(14-9)13(18)15(10-5-6-10)8-7-12(16)17/h2-4,10H,5-8H2,1H3,(H,16,17). The maximum Gasteiger partial charge on any atom is 0.305 e. The quantitative estimate of drug-likeness (QED) is 0.856. The molecule has 1 fully saturated rings. The van der Waals surface area contributed by atoms with Crippen LogP contribution in [0.15, 0.2) is 18.2 Å². The first-order chi connectivity index (χ1) is 8.58. The highest BCUT2D eigenvalue weighted by atomic mass is 16.4. The molecule has 1 N–H and O–H groups in total. The number of aliphatic carboxylic acids is 1. The van der Waals surface area contributed by atoms with Crippen molar-refractivity contribution in [3.05, 3.63) is 29.6 Å². The van der Waals surface area contributed by atoms with Crippen LogP contribution in [-0.4, -0.2) is 39.5 Å². The van der Waals surface area contributed by atoms with Crippen molar-refractivity contribution in [3.8, 4) is 0 Å². The van der Waals surface area contributed by atoms with E-state index < -0.39 is 5.97 Å². The minimum Gasteiger partial charge on any atom is -0.481 e.